The lowest BCUT2D eigenvalue weighted by Crippen LogP contribution is -2.56. The van der Waals surface area contributed by atoms with E-state index in [9.17, 15) is 13.2 Å². The molecule has 1 aromatic heterocycles. The molecule has 1 unspecified atom stereocenters. The third kappa shape index (κ3) is 3.58. The number of aliphatic imine (C=N–C) groups is 1. The molecule has 12 heteroatoms. The van der Waals surface area contributed by atoms with Gasteiger partial charge in [0.25, 0.3) is 5.91 Å². The molecule has 3 N–H and O–H groups in total. The van der Waals surface area contributed by atoms with Gasteiger partial charge in [0, 0.05) is 30.9 Å². The number of nitrogens with two attached hydrogens (primary N) is 1. The van der Waals surface area contributed by atoms with Gasteiger partial charge >= 0.3 is 0 Å². The number of benzene rings is 1. The van der Waals surface area contributed by atoms with Crippen molar-refractivity contribution in [3.05, 3.63) is 51.8 Å². The van der Waals surface area contributed by atoms with Gasteiger partial charge in [0.15, 0.2) is 0 Å². The van der Waals surface area contributed by atoms with Gasteiger partial charge in [-0.05, 0) is 31.2 Å². The summed E-state index contributed by atoms with van der Waals surface area (Å²) in [6, 6.07) is 6.35. The van der Waals surface area contributed by atoms with Crippen LogP contribution in [0, 0.1) is 0 Å². The number of pyridine rings is 1. The molecule has 2 atom stereocenters. The fourth-order valence-corrected chi connectivity index (χ4v) is 6.14. The van der Waals surface area contributed by atoms with Crippen LogP contribution in [-0.4, -0.2) is 48.5 Å². The molecule has 2 aromatic rings. The molecule has 4 rings (SSSR count). The van der Waals surface area contributed by atoms with Crippen molar-refractivity contribution in [1.29, 1.82) is 0 Å². The number of ether oxygens (including phenoxy) is 1. The predicted molar refractivity (Wildman–Crippen MR) is 118 cm³/mol. The van der Waals surface area contributed by atoms with Gasteiger partial charge in [-0.15, -0.1) is 0 Å². The Balaban J connectivity index is 1.76. The van der Waals surface area contributed by atoms with Crippen LogP contribution in [0.1, 0.15) is 29.4 Å². The lowest BCUT2D eigenvalue weighted by atomic mass is 9.87. The highest BCUT2D eigenvalue weighted by atomic mass is 35.5. The van der Waals surface area contributed by atoms with Crippen LogP contribution in [0.2, 0.25) is 10.0 Å². The molecule has 31 heavy (non-hydrogen) atoms. The molecular formula is C19H19Cl2N5O4S. The summed E-state index contributed by atoms with van der Waals surface area (Å²) < 4.78 is 32.9. The smallest absolute Gasteiger partial charge is 0.275 e. The standard InChI is InChI=1S/C19H19Cl2N5O4S/c1-19-12-8-11(24-17(27)16-13(21)7-10(20)9-23-16)3-4-14(12)30-6-5-15(19)31(28,29)26(2)18(22)25-19/h3-4,7-9,15H,5-6H2,1-2H3,(H2,22,25)(H,24,27)/t15?,19-/m1/s1. The van der Waals surface area contributed by atoms with E-state index < -0.39 is 26.7 Å². The second kappa shape index (κ2) is 7.54. The van der Waals surface area contributed by atoms with E-state index in [1.54, 1.807) is 25.1 Å². The highest BCUT2D eigenvalue weighted by molar-refractivity contribution is 7.90. The summed E-state index contributed by atoms with van der Waals surface area (Å²) in [6.07, 6.45) is 1.56. The number of nitrogens with zero attached hydrogens (tertiary/aromatic N) is 3. The number of sulfonamides is 1. The Labute approximate surface area is 189 Å². The van der Waals surface area contributed by atoms with Crippen LogP contribution < -0.4 is 15.8 Å². The van der Waals surface area contributed by atoms with Crippen LogP contribution in [0.15, 0.2) is 35.5 Å². The lowest BCUT2D eigenvalue weighted by molar-refractivity contribution is 0.102. The molecule has 3 heterocycles. The van der Waals surface area contributed by atoms with Gasteiger partial charge in [0.1, 0.15) is 22.2 Å². The summed E-state index contributed by atoms with van der Waals surface area (Å²) in [7, 11) is -2.38. The van der Waals surface area contributed by atoms with Crippen molar-refractivity contribution in [2.75, 3.05) is 19.0 Å². The number of halogens is 2. The third-order valence-corrected chi connectivity index (χ3v) is 8.34. The number of fused-ring (bicyclic) bond motifs is 3. The average Bonchev–Trinajstić information content (AvgIpc) is 2.83. The van der Waals surface area contributed by atoms with Gasteiger partial charge in [0.05, 0.1) is 16.7 Å². The maximum absolute atomic E-state index is 13.0. The van der Waals surface area contributed by atoms with E-state index in [0.717, 1.165) is 4.31 Å². The first-order valence-electron chi connectivity index (χ1n) is 9.27. The zero-order valence-corrected chi connectivity index (χ0v) is 18.9. The normalized spacial score (nSPS) is 24.2. The van der Waals surface area contributed by atoms with Crippen LogP contribution in [-0.2, 0) is 15.6 Å². The lowest BCUT2D eigenvalue weighted by Gasteiger charge is -2.40. The topological polar surface area (TPSA) is 127 Å². The minimum Gasteiger partial charge on any atom is -0.493 e. The van der Waals surface area contributed by atoms with Crippen molar-refractivity contribution in [2.24, 2.45) is 10.7 Å². The maximum Gasteiger partial charge on any atom is 0.275 e. The van der Waals surface area contributed by atoms with E-state index in [4.69, 9.17) is 33.7 Å². The Kier molecular flexibility index (Phi) is 5.27. The second-order valence-electron chi connectivity index (χ2n) is 7.40. The molecule has 164 valence electrons. The summed E-state index contributed by atoms with van der Waals surface area (Å²) in [5, 5.41) is 2.25. The first kappa shape index (κ1) is 21.7. The highest BCUT2D eigenvalue weighted by Crippen LogP contribution is 2.46. The molecule has 1 amide bonds. The van der Waals surface area contributed by atoms with Crippen LogP contribution >= 0.6 is 23.2 Å². The molecule has 0 aliphatic carbocycles. The van der Waals surface area contributed by atoms with E-state index in [0.29, 0.717) is 22.0 Å². The molecule has 2 aliphatic heterocycles. The average molecular weight is 484 g/mol. The number of rotatable bonds is 2. The van der Waals surface area contributed by atoms with Gasteiger partial charge < -0.3 is 15.8 Å². The summed E-state index contributed by atoms with van der Waals surface area (Å²) in [5.41, 5.74) is 5.64. The molecule has 0 spiro atoms. The molecular weight excluding hydrogens is 465 g/mol. The molecule has 0 bridgehead atoms. The maximum atomic E-state index is 13.0. The van der Waals surface area contributed by atoms with Crippen molar-refractivity contribution >= 4 is 50.8 Å². The molecule has 0 radical (unpaired) electrons. The zero-order valence-electron chi connectivity index (χ0n) is 16.6. The van der Waals surface area contributed by atoms with Crippen molar-refractivity contribution in [2.45, 2.75) is 24.1 Å². The van der Waals surface area contributed by atoms with E-state index in [1.165, 1.54) is 19.3 Å². The van der Waals surface area contributed by atoms with Gasteiger partial charge in [0.2, 0.25) is 16.0 Å². The third-order valence-electron chi connectivity index (χ3n) is 5.48. The minimum atomic E-state index is -3.75. The Morgan fingerprint density at radius 1 is 1.35 bits per heavy atom. The monoisotopic (exact) mass is 483 g/mol. The number of amides is 1. The van der Waals surface area contributed by atoms with Gasteiger partial charge in [-0.3, -0.25) is 4.79 Å². The first-order valence-corrected chi connectivity index (χ1v) is 11.5. The summed E-state index contributed by atoms with van der Waals surface area (Å²) in [5.74, 6) is -0.183. The number of nitrogens with one attached hydrogen (secondary N) is 1. The van der Waals surface area contributed by atoms with E-state index in [1.807, 2.05) is 0 Å². The van der Waals surface area contributed by atoms with Crippen LogP contribution in [0.25, 0.3) is 0 Å². The number of hydrogen-bond donors (Lipinski definition) is 2. The van der Waals surface area contributed by atoms with Crippen molar-refractivity contribution in [3.63, 3.8) is 0 Å². The summed E-state index contributed by atoms with van der Waals surface area (Å²) in [4.78, 5) is 21.1. The Morgan fingerprint density at radius 2 is 2.10 bits per heavy atom. The number of guanidine groups is 1. The number of hydrogen-bond acceptors (Lipinski definition) is 7. The van der Waals surface area contributed by atoms with E-state index in [2.05, 4.69) is 15.3 Å². The predicted octanol–water partition coefficient (Wildman–Crippen LogP) is 2.60. The summed E-state index contributed by atoms with van der Waals surface area (Å²) in [6.45, 7) is 1.90. The number of carbonyl (C=O) groups is 1. The number of anilines is 1. The summed E-state index contributed by atoms with van der Waals surface area (Å²) >= 11 is 11.9. The van der Waals surface area contributed by atoms with Gasteiger partial charge in [-0.2, -0.15) is 0 Å². The quantitative estimate of drug-likeness (QED) is 0.675. The fourth-order valence-electron chi connectivity index (χ4n) is 3.83. The van der Waals surface area contributed by atoms with Crippen molar-refractivity contribution in [3.8, 4) is 5.75 Å². The second-order valence-corrected chi connectivity index (χ2v) is 10.4. The largest absolute Gasteiger partial charge is 0.493 e. The highest BCUT2D eigenvalue weighted by Gasteiger charge is 2.52. The number of aromatic nitrogens is 1. The van der Waals surface area contributed by atoms with Crippen LogP contribution in [0.3, 0.4) is 0 Å². The molecule has 0 saturated carbocycles. The molecule has 0 fully saturated rings. The Bertz CT molecular complexity index is 1220. The zero-order chi connectivity index (χ0) is 22.6. The van der Waals surface area contributed by atoms with Crippen molar-refractivity contribution < 1.29 is 17.9 Å². The molecule has 9 nitrogen and oxygen atoms in total. The van der Waals surface area contributed by atoms with Crippen LogP contribution in [0.5, 0.6) is 5.75 Å². The fraction of sp³-hybridized carbons (Fsp3) is 0.316. The Hall–Kier alpha value is -2.56. The SMILES string of the molecule is CN1C(N)=N[C@]2(C)c3cc(NC(=O)c4ncc(Cl)cc4Cl)ccc3OCCC2S1(=O)=O. The minimum absolute atomic E-state index is 0.00508. The molecule has 1 aromatic carbocycles. The molecule has 2 aliphatic rings. The van der Waals surface area contributed by atoms with Gasteiger partial charge in [-0.25, -0.2) is 22.7 Å². The Morgan fingerprint density at radius 3 is 2.81 bits per heavy atom. The van der Waals surface area contributed by atoms with E-state index in [-0.39, 0.29) is 29.7 Å². The number of carbonyl (C=O) groups excluding carboxylic acids is 1. The van der Waals surface area contributed by atoms with Crippen molar-refractivity contribution in [1.82, 2.24) is 9.29 Å². The van der Waals surface area contributed by atoms with Gasteiger partial charge in [-0.1, -0.05) is 23.2 Å². The van der Waals surface area contributed by atoms with E-state index >= 15 is 0 Å². The van der Waals surface area contributed by atoms with Crippen LogP contribution in [0.4, 0.5) is 5.69 Å². The molecule has 0 saturated heterocycles. The first-order chi connectivity index (χ1) is 14.5.